The number of nitrogens with zero attached hydrogens (tertiary/aromatic N) is 2. The monoisotopic (exact) mass is 280 g/mol. The third-order valence-electron chi connectivity index (χ3n) is 2.51. The van der Waals surface area contributed by atoms with Crippen LogP contribution in [-0.2, 0) is 9.59 Å². The summed E-state index contributed by atoms with van der Waals surface area (Å²) < 4.78 is 5.16. The van der Waals surface area contributed by atoms with Crippen molar-refractivity contribution in [3.63, 3.8) is 0 Å². The number of rotatable bonds is 4. The van der Waals surface area contributed by atoms with Crippen LogP contribution in [0.5, 0.6) is 5.75 Å². The van der Waals surface area contributed by atoms with E-state index in [4.69, 9.17) is 4.74 Å². The van der Waals surface area contributed by atoms with E-state index in [9.17, 15) is 14.4 Å². The maximum atomic E-state index is 12.0. The van der Waals surface area contributed by atoms with E-state index < -0.39 is 5.97 Å². The van der Waals surface area contributed by atoms with Crippen LogP contribution in [0.15, 0.2) is 58.5 Å². The molecule has 2 aromatic rings. The molecular weight excluding hydrogens is 272 g/mol. The number of aliphatic imine (C=N–C) groups is 2. The zero-order valence-corrected chi connectivity index (χ0v) is 10.6. The van der Waals surface area contributed by atoms with Crippen molar-refractivity contribution in [2.75, 3.05) is 0 Å². The maximum Gasteiger partial charge on any atom is 0.343 e. The van der Waals surface area contributed by atoms with Crippen molar-refractivity contribution in [3.8, 4) is 5.75 Å². The Balaban J connectivity index is 2.21. The van der Waals surface area contributed by atoms with Crippen LogP contribution in [0.2, 0.25) is 0 Å². The third-order valence-corrected chi connectivity index (χ3v) is 2.51. The van der Waals surface area contributed by atoms with E-state index in [0.29, 0.717) is 5.69 Å². The molecule has 0 aromatic heterocycles. The lowest BCUT2D eigenvalue weighted by Crippen LogP contribution is -2.08. The summed E-state index contributed by atoms with van der Waals surface area (Å²) in [5.41, 5.74) is 0.861. The topological polar surface area (TPSA) is 85.2 Å². The first-order chi connectivity index (χ1) is 10.2. The lowest BCUT2D eigenvalue weighted by molar-refractivity contribution is 0.0735. The second kappa shape index (κ2) is 6.73. The van der Waals surface area contributed by atoms with Gasteiger partial charge in [-0.05, 0) is 36.4 Å². The molecule has 0 spiro atoms. The zero-order valence-electron chi connectivity index (χ0n) is 10.6. The van der Waals surface area contributed by atoms with Gasteiger partial charge >= 0.3 is 5.97 Å². The molecule has 0 unspecified atom stereocenters. The van der Waals surface area contributed by atoms with Crippen LogP contribution in [0.4, 0.5) is 11.4 Å². The summed E-state index contributed by atoms with van der Waals surface area (Å²) in [6.07, 6.45) is 2.80. The fourth-order valence-corrected chi connectivity index (χ4v) is 1.57. The van der Waals surface area contributed by atoms with Crippen molar-refractivity contribution in [1.82, 2.24) is 0 Å². The number of esters is 1. The molecule has 0 aliphatic rings. The van der Waals surface area contributed by atoms with Gasteiger partial charge in [-0.25, -0.2) is 14.4 Å². The number of carbonyl (C=O) groups excluding carboxylic acids is 3. The number of hydrogen-bond donors (Lipinski definition) is 0. The number of ether oxygens (including phenoxy) is 1. The first kappa shape index (κ1) is 14.1. The molecule has 0 saturated carbocycles. The van der Waals surface area contributed by atoms with Crippen LogP contribution in [0, 0.1) is 0 Å². The van der Waals surface area contributed by atoms with Crippen LogP contribution in [-0.4, -0.2) is 18.1 Å². The van der Waals surface area contributed by atoms with Crippen LogP contribution in [0.1, 0.15) is 10.4 Å². The normalized spacial score (nSPS) is 9.14. The lowest BCUT2D eigenvalue weighted by Gasteiger charge is -2.06. The molecule has 6 heteroatoms. The van der Waals surface area contributed by atoms with Gasteiger partial charge in [-0.2, -0.15) is 9.98 Å². The highest BCUT2D eigenvalue weighted by Gasteiger charge is 2.11. The van der Waals surface area contributed by atoms with Gasteiger partial charge in [0.15, 0.2) is 5.75 Å². The molecule has 0 saturated heterocycles. The van der Waals surface area contributed by atoms with Crippen LogP contribution < -0.4 is 4.74 Å². The Labute approximate surface area is 119 Å². The van der Waals surface area contributed by atoms with E-state index >= 15 is 0 Å². The fraction of sp³-hybridized carbons (Fsp3) is 0. The molecular formula is C15H8N2O4. The Morgan fingerprint density at radius 3 is 2.24 bits per heavy atom. The van der Waals surface area contributed by atoms with Crippen molar-refractivity contribution in [2.45, 2.75) is 0 Å². The summed E-state index contributed by atoms with van der Waals surface area (Å²) in [4.78, 5) is 39.2. The van der Waals surface area contributed by atoms with Crippen molar-refractivity contribution >= 4 is 29.5 Å². The first-order valence-corrected chi connectivity index (χ1v) is 5.81. The van der Waals surface area contributed by atoms with E-state index in [1.165, 1.54) is 48.6 Å². The van der Waals surface area contributed by atoms with Gasteiger partial charge in [0.2, 0.25) is 12.2 Å². The minimum absolute atomic E-state index is 0.154. The smallest absolute Gasteiger partial charge is 0.343 e. The predicted molar refractivity (Wildman–Crippen MR) is 73.4 cm³/mol. The van der Waals surface area contributed by atoms with Crippen molar-refractivity contribution < 1.29 is 19.1 Å². The van der Waals surface area contributed by atoms with Crippen molar-refractivity contribution in [3.05, 3.63) is 54.1 Å². The summed E-state index contributed by atoms with van der Waals surface area (Å²) in [5.74, 6) is -0.467. The Kier molecular flexibility index (Phi) is 4.51. The molecule has 0 radical (unpaired) electrons. The number of carbonyl (C=O) groups is 1. The number of benzene rings is 2. The molecule has 6 nitrogen and oxygen atoms in total. The van der Waals surface area contributed by atoms with E-state index in [2.05, 4.69) is 9.98 Å². The predicted octanol–water partition coefficient (Wildman–Crippen LogP) is 2.84. The van der Waals surface area contributed by atoms with E-state index in [0.717, 1.165) is 0 Å². The second-order valence-electron chi connectivity index (χ2n) is 3.81. The quantitative estimate of drug-likeness (QED) is 0.373. The second-order valence-corrected chi connectivity index (χ2v) is 3.81. The molecule has 0 aliphatic heterocycles. The number of para-hydroxylation sites is 2. The van der Waals surface area contributed by atoms with Crippen molar-refractivity contribution in [2.24, 2.45) is 9.98 Å². The third kappa shape index (κ3) is 3.58. The standard InChI is InChI=1S/C15H8N2O4/c18-9-16-12-7-5-11(6-8-12)15(20)21-14-4-2-1-3-13(14)17-10-19/h1-8H. The van der Waals surface area contributed by atoms with Gasteiger partial charge in [-0.15, -0.1) is 0 Å². The van der Waals surface area contributed by atoms with E-state index in [1.807, 2.05) is 0 Å². The molecule has 0 aliphatic carbocycles. The molecule has 2 rings (SSSR count). The molecule has 0 heterocycles. The first-order valence-electron chi connectivity index (χ1n) is 5.81. The molecule has 21 heavy (non-hydrogen) atoms. The lowest BCUT2D eigenvalue weighted by atomic mass is 10.2. The summed E-state index contributed by atoms with van der Waals surface area (Å²) in [6, 6.07) is 12.2. The molecule has 102 valence electrons. The van der Waals surface area contributed by atoms with Gasteiger partial charge in [-0.1, -0.05) is 12.1 Å². The summed E-state index contributed by atoms with van der Waals surface area (Å²) in [6.45, 7) is 0. The zero-order chi connectivity index (χ0) is 15.1. The molecule has 0 fully saturated rings. The van der Waals surface area contributed by atoms with Gasteiger partial charge in [0.1, 0.15) is 5.69 Å². The average Bonchev–Trinajstić information content (AvgIpc) is 2.50. The number of isocyanates is 2. The minimum Gasteiger partial charge on any atom is -0.421 e. The Morgan fingerprint density at radius 1 is 0.905 bits per heavy atom. The van der Waals surface area contributed by atoms with Gasteiger partial charge in [0.25, 0.3) is 0 Å². The van der Waals surface area contributed by atoms with Gasteiger partial charge in [0, 0.05) is 0 Å². The number of hydrogen-bond acceptors (Lipinski definition) is 6. The Hall–Kier alpha value is -3.33. The Bertz CT molecular complexity index is 755. The minimum atomic E-state index is -0.620. The van der Waals surface area contributed by atoms with Gasteiger partial charge in [0.05, 0.1) is 11.3 Å². The summed E-state index contributed by atoms with van der Waals surface area (Å²) >= 11 is 0. The molecule has 0 atom stereocenters. The van der Waals surface area contributed by atoms with E-state index in [-0.39, 0.29) is 17.0 Å². The maximum absolute atomic E-state index is 12.0. The van der Waals surface area contributed by atoms with Gasteiger partial charge < -0.3 is 4.74 Å². The fourth-order valence-electron chi connectivity index (χ4n) is 1.57. The van der Waals surface area contributed by atoms with Crippen molar-refractivity contribution in [1.29, 1.82) is 0 Å². The van der Waals surface area contributed by atoms with E-state index in [1.54, 1.807) is 12.1 Å². The highest BCUT2D eigenvalue weighted by molar-refractivity contribution is 5.92. The molecule has 0 amide bonds. The van der Waals surface area contributed by atoms with Crippen LogP contribution in [0.25, 0.3) is 0 Å². The van der Waals surface area contributed by atoms with Crippen LogP contribution >= 0.6 is 0 Å². The average molecular weight is 280 g/mol. The van der Waals surface area contributed by atoms with Gasteiger partial charge in [-0.3, -0.25) is 0 Å². The highest BCUT2D eigenvalue weighted by Crippen LogP contribution is 2.27. The summed E-state index contributed by atoms with van der Waals surface area (Å²) in [7, 11) is 0. The highest BCUT2D eigenvalue weighted by atomic mass is 16.5. The molecule has 0 bridgehead atoms. The summed E-state index contributed by atoms with van der Waals surface area (Å²) in [5, 5.41) is 0. The molecule has 2 aromatic carbocycles. The largest absolute Gasteiger partial charge is 0.421 e. The molecule has 0 N–H and O–H groups in total. The Morgan fingerprint density at radius 2 is 1.57 bits per heavy atom. The van der Waals surface area contributed by atoms with Crippen LogP contribution in [0.3, 0.4) is 0 Å². The SMILES string of the molecule is O=C=Nc1ccc(C(=O)Oc2ccccc2N=C=O)cc1.